The van der Waals surface area contributed by atoms with Crippen LogP contribution in [0.3, 0.4) is 0 Å². The summed E-state index contributed by atoms with van der Waals surface area (Å²) in [6.07, 6.45) is 6.02. The fourth-order valence-electron chi connectivity index (χ4n) is 3.51. The Balaban J connectivity index is 1.71. The van der Waals surface area contributed by atoms with E-state index in [1.807, 2.05) is 13.0 Å². The minimum atomic E-state index is -0.126. The molecule has 0 aliphatic heterocycles. The fraction of sp³-hybridized carbons (Fsp3) is 0.238. The van der Waals surface area contributed by atoms with Gasteiger partial charge in [0.1, 0.15) is 5.82 Å². The molecule has 2 heterocycles. The molecular formula is C21H19ClN6O. The number of nitrogens with zero attached hydrogens (tertiary/aromatic N) is 3. The van der Waals surface area contributed by atoms with Crippen molar-refractivity contribution in [2.45, 2.75) is 19.8 Å². The quantitative estimate of drug-likeness (QED) is 0.563. The second kappa shape index (κ2) is 7.22. The number of pyridine rings is 2. The number of nitrogens with one attached hydrogen (secondary N) is 1. The summed E-state index contributed by atoms with van der Waals surface area (Å²) in [7, 11) is 0. The summed E-state index contributed by atoms with van der Waals surface area (Å²) in [5, 5.41) is 13.5. The number of amides is 1. The van der Waals surface area contributed by atoms with E-state index in [1.54, 1.807) is 24.7 Å². The first-order chi connectivity index (χ1) is 13.9. The molecule has 2 aromatic heterocycles. The van der Waals surface area contributed by atoms with Crippen LogP contribution in [0.15, 0.2) is 30.7 Å². The zero-order valence-electron chi connectivity index (χ0n) is 15.7. The standard InChI is InChI=1S/C21H19ClN6O/c1-10-15(7-26-9-17(10)24)14-5-12-6-18(27-8-16(12)20(25)19(14)22)28-21(29)13-4-11(13)2-3-23/h5-9,11,13H,2,4,24-25H2,1H3,(H,27,28,29). The number of carbonyl (C=O) groups excluding carboxylic acids is 1. The molecule has 0 saturated heterocycles. The minimum absolute atomic E-state index is 0.116. The number of anilines is 3. The zero-order chi connectivity index (χ0) is 20.7. The van der Waals surface area contributed by atoms with Crippen molar-refractivity contribution in [1.29, 1.82) is 5.26 Å². The second-order valence-electron chi connectivity index (χ2n) is 7.30. The highest BCUT2D eigenvalue weighted by atomic mass is 35.5. The molecule has 8 heteroatoms. The van der Waals surface area contributed by atoms with Crippen LogP contribution in [0, 0.1) is 30.1 Å². The molecule has 0 bridgehead atoms. The number of aromatic nitrogens is 2. The SMILES string of the molecule is Cc1c(N)cncc1-c1cc2cc(NC(=O)C3CC3CC#N)ncc2c(N)c1Cl. The van der Waals surface area contributed by atoms with Gasteiger partial charge in [0, 0.05) is 41.2 Å². The van der Waals surface area contributed by atoms with Gasteiger partial charge in [-0.2, -0.15) is 5.26 Å². The second-order valence-corrected chi connectivity index (χ2v) is 7.68. The van der Waals surface area contributed by atoms with Crippen LogP contribution >= 0.6 is 11.6 Å². The predicted molar refractivity (Wildman–Crippen MR) is 114 cm³/mol. The molecule has 0 spiro atoms. The molecule has 2 atom stereocenters. The van der Waals surface area contributed by atoms with Gasteiger partial charge in [0.25, 0.3) is 0 Å². The van der Waals surface area contributed by atoms with Gasteiger partial charge in [-0.05, 0) is 42.3 Å². The first-order valence-corrected chi connectivity index (χ1v) is 9.54. The monoisotopic (exact) mass is 406 g/mol. The zero-order valence-corrected chi connectivity index (χ0v) is 16.5. The number of fused-ring (bicyclic) bond motifs is 1. The molecule has 7 nitrogen and oxygen atoms in total. The van der Waals surface area contributed by atoms with E-state index in [4.69, 9.17) is 28.3 Å². The van der Waals surface area contributed by atoms with Crippen LogP contribution in [0.1, 0.15) is 18.4 Å². The molecule has 1 saturated carbocycles. The van der Waals surface area contributed by atoms with Gasteiger partial charge in [-0.15, -0.1) is 0 Å². The smallest absolute Gasteiger partial charge is 0.228 e. The third kappa shape index (κ3) is 3.43. The molecule has 1 amide bonds. The molecule has 2 unspecified atom stereocenters. The van der Waals surface area contributed by atoms with Crippen molar-refractivity contribution in [3.8, 4) is 17.2 Å². The van der Waals surface area contributed by atoms with Gasteiger partial charge in [-0.3, -0.25) is 9.78 Å². The predicted octanol–water partition coefficient (Wildman–Crippen LogP) is 3.91. The largest absolute Gasteiger partial charge is 0.397 e. The van der Waals surface area contributed by atoms with Gasteiger partial charge in [0.15, 0.2) is 0 Å². The molecule has 3 aromatic rings. The lowest BCUT2D eigenvalue weighted by molar-refractivity contribution is -0.117. The number of nitrogens with two attached hydrogens (primary N) is 2. The van der Waals surface area contributed by atoms with Crippen LogP contribution in [-0.2, 0) is 4.79 Å². The van der Waals surface area contributed by atoms with Crippen molar-refractivity contribution in [3.05, 3.63) is 41.3 Å². The Morgan fingerprint density at radius 2 is 2.10 bits per heavy atom. The highest BCUT2D eigenvalue weighted by molar-refractivity contribution is 6.37. The molecule has 1 aliphatic rings. The number of carbonyl (C=O) groups is 1. The number of nitriles is 1. The van der Waals surface area contributed by atoms with E-state index in [2.05, 4.69) is 21.4 Å². The molecule has 1 aromatic carbocycles. The summed E-state index contributed by atoms with van der Waals surface area (Å²) in [5.41, 5.74) is 15.6. The van der Waals surface area contributed by atoms with Crippen LogP contribution < -0.4 is 16.8 Å². The van der Waals surface area contributed by atoms with Crippen LogP contribution in [-0.4, -0.2) is 15.9 Å². The molecule has 146 valence electrons. The van der Waals surface area contributed by atoms with E-state index < -0.39 is 0 Å². The van der Waals surface area contributed by atoms with E-state index in [0.717, 1.165) is 22.9 Å². The van der Waals surface area contributed by atoms with Crippen molar-refractivity contribution < 1.29 is 4.79 Å². The van der Waals surface area contributed by atoms with E-state index in [-0.39, 0.29) is 17.7 Å². The highest BCUT2D eigenvalue weighted by Crippen LogP contribution is 2.42. The lowest BCUT2D eigenvalue weighted by Gasteiger charge is -2.14. The maximum atomic E-state index is 12.4. The summed E-state index contributed by atoms with van der Waals surface area (Å²) in [4.78, 5) is 20.8. The van der Waals surface area contributed by atoms with Crippen molar-refractivity contribution >= 4 is 45.5 Å². The van der Waals surface area contributed by atoms with Crippen LogP contribution in [0.2, 0.25) is 5.02 Å². The summed E-state index contributed by atoms with van der Waals surface area (Å²) in [5.74, 6) is 0.329. The number of hydrogen-bond donors (Lipinski definition) is 3. The molecule has 29 heavy (non-hydrogen) atoms. The average molecular weight is 407 g/mol. The Hall–Kier alpha value is -3.37. The highest BCUT2D eigenvalue weighted by Gasteiger charge is 2.42. The van der Waals surface area contributed by atoms with Crippen LogP contribution in [0.4, 0.5) is 17.2 Å². The van der Waals surface area contributed by atoms with Crippen LogP contribution in [0.25, 0.3) is 21.9 Å². The van der Waals surface area contributed by atoms with Gasteiger partial charge in [0.05, 0.1) is 28.7 Å². The molecule has 1 fully saturated rings. The van der Waals surface area contributed by atoms with Crippen molar-refractivity contribution in [2.75, 3.05) is 16.8 Å². The first-order valence-electron chi connectivity index (χ1n) is 9.16. The summed E-state index contributed by atoms with van der Waals surface area (Å²) in [6, 6.07) is 5.77. The Bertz CT molecular complexity index is 1190. The number of halogens is 1. The van der Waals surface area contributed by atoms with Gasteiger partial charge >= 0.3 is 0 Å². The topological polar surface area (TPSA) is 131 Å². The Morgan fingerprint density at radius 1 is 1.31 bits per heavy atom. The van der Waals surface area contributed by atoms with Crippen LogP contribution in [0.5, 0.6) is 0 Å². The number of benzene rings is 1. The van der Waals surface area contributed by atoms with Crippen molar-refractivity contribution in [3.63, 3.8) is 0 Å². The summed E-state index contributed by atoms with van der Waals surface area (Å²) < 4.78 is 0. The van der Waals surface area contributed by atoms with E-state index in [9.17, 15) is 4.79 Å². The fourth-order valence-corrected chi connectivity index (χ4v) is 3.76. The third-order valence-corrected chi connectivity index (χ3v) is 5.81. The normalized spacial score (nSPS) is 17.7. The number of rotatable bonds is 4. The minimum Gasteiger partial charge on any atom is -0.397 e. The summed E-state index contributed by atoms with van der Waals surface area (Å²) in [6.45, 7) is 1.90. The Morgan fingerprint density at radius 3 is 2.86 bits per heavy atom. The molecule has 1 aliphatic carbocycles. The first kappa shape index (κ1) is 19.0. The van der Waals surface area contributed by atoms with Gasteiger partial charge in [-0.1, -0.05) is 11.6 Å². The molecular weight excluding hydrogens is 388 g/mol. The third-order valence-electron chi connectivity index (χ3n) is 5.41. The molecule has 5 N–H and O–H groups in total. The lowest BCUT2D eigenvalue weighted by Crippen LogP contribution is -2.15. The maximum Gasteiger partial charge on any atom is 0.228 e. The van der Waals surface area contributed by atoms with E-state index >= 15 is 0 Å². The van der Waals surface area contributed by atoms with Gasteiger partial charge in [0.2, 0.25) is 5.91 Å². The Labute approximate surface area is 172 Å². The van der Waals surface area contributed by atoms with Crippen molar-refractivity contribution in [1.82, 2.24) is 9.97 Å². The molecule has 0 radical (unpaired) electrons. The average Bonchev–Trinajstić information content (AvgIpc) is 3.47. The maximum absolute atomic E-state index is 12.4. The van der Waals surface area contributed by atoms with Crippen molar-refractivity contribution in [2.24, 2.45) is 11.8 Å². The lowest BCUT2D eigenvalue weighted by atomic mass is 9.98. The van der Waals surface area contributed by atoms with Gasteiger partial charge in [-0.25, -0.2) is 4.98 Å². The number of nitrogen functional groups attached to an aromatic ring is 2. The van der Waals surface area contributed by atoms with E-state index in [1.165, 1.54) is 0 Å². The molecule has 4 rings (SSSR count). The van der Waals surface area contributed by atoms with E-state index in [0.29, 0.717) is 39.6 Å². The Kier molecular flexibility index (Phi) is 4.73. The van der Waals surface area contributed by atoms with Gasteiger partial charge < -0.3 is 16.8 Å². The summed E-state index contributed by atoms with van der Waals surface area (Å²) >= 11 is 6.53. The number of hydrogen-bond acceptors (Lipinski definition) is 6.